The molecular formula is C22H17NO6. The van der Waals surface area contributed by atoms with Crippen molar-refractivity contribution in [1.29, 1.82) is 0 Å². The zero-order chi connectivity index (χ0) is 20.8. The van der Waals surface area contributed by atoms with Crippen LogP contribution in [-0.2, 0) is 16.0 Å². The molecule has 0 aliphatic heterocycles. The molecule has 0 saturated heterocycles. The van der Waals surface area contributed by atoms with E-state index in [2.05, 4.69) is 4.74 Å². The van der Waals surface area contributed by atoms with Gasteiger partial charge in [-0.2, -0.15) is 0 Å². The molecule has 0 atom stereocenters. The third kappa shape index (κ3) is 4.84. The molecule has 3 rings (SSSR count). The van der Waals surface area contributed by atoms with Crippen LogP contribution in [0.5, 0.6) is 11.5 Å². The molecule has 0 fully saturated rings. The van der Waals surface area contributed by atoms with Gasteiger partial charge in [0.25, 0.3) is 0 Å². The van der Waals surface area contributed by atoms with Crippen LogP contribution >= 0.6 is 0 Å². The highest BCUT2D eigenvalue weighted by molar-refractivity contribution is 6.09. The second kappa shape index (κ2) is 8.79. The van der Waals surface area contributed by atoms with Gasteiger partial charge in [-0.25, -0.2) is 0 Å². The van der Waals surface area contributed by atoms with Crippen LogP contribution in [0.3, 0.4) is 0 Å². The van der Waals surface area contributed by atoms with Gasteiger partial charge >= 0.3 is 11.7 Å². The van der Waals surface area contributed by atoms with Gasteiger partial charge in [0.05, 0.1) is 18.5 Å². The number of carbonyl (C=O) groups is 2. The van der Waals surface area contributed by atoms with E-state index in [1.807, 2.05) is 0 Å². The van der Waals surface area contributed by atoms with Gasteiger partial charge in [0.2, 0.25) is 5.75 Å². The summed E-state index contributed by atoms with van der Waals surface area (Å²) in [5.74, 6) is -0.301. The predicted octanol–water partition coefficient (Wildman–Crippen LogP) is 4.33. The third-order valence-corrected chi connectivity index (χ3v) is 4.18. The molecule has 3 aromatic carbocycles. The number of nitrogens with zero attached hydrogens (tertiary/aromatic N) is 1. The highest BCUT2D eigenvalue weighted by Gasteiger charge is 2.20. The van der Waals surface area contributed by atoms with Gasteiger partial charge in [-0.15, -0.1) is 0 Å². The Hall–Kier alpha value is -4.00. The molecule has 7 nitrogen and oxygen atoms in total. The van der Waals surface area contributed by atoms with Crippen molar-refractivity contribution in [2.24, 2.45) is 0 Å². The Morgan fingerprint density at radius 1 is 0.931 bits per heavy atom. The number of hydrogen-bond acceptors (Lipinski definition) is 6. The van der Waals surface area contributed by atoms with E-state index in [1.165, 1.54) is 25.3 Å². The fraction of sp³-hybridized carbons (Fsp3) is 0.0909. The third-order valence-electron chi connectivity index (χ3n) is 4.18. The number of methoxy groups -OCH3 is 1. The minimum atomic E-state index is -0.595. The van der Waals surface area contributed by atoms with Crippen LogP contribution in [0, 0.1) is 10.1 Å². The Labute approximate surface area is 166 Å². The molecule has 3 aromatic rings. The topological polar surface area (TPSA) is 95.7 Å². The Morgan fingerprint density at radius 3 is 2.24 bits per heavy atom. The summed E-state index contributed by atoms with van der Waals surface area (Å²) in [6.07, 6.45) is 0.118. The SMILES string of the molecule is COC(=O)Cc1ccc(Oc2ccc(C(=O)c3ccccc3)cc2[N+](=O)[O-])cc1. The fourth-order valence-electron chi connectivity index (χ4n) is 2.68. The number of benzene rings is 3. The first-order chi connectivity index (χ1) is 14.0. The number of nitro groups is 1. The van der Waals surface area contributed by atoms with Gasteiger partial charge in [-0.05, 0) is 29.8 Å². The van der Waals surface area contributed by atoms with Crippen LogP contribution in [-0.4, -0.2) is 23.8 Å². The molecule has 0 radical (unpaired) electrons. The highest BCUT2D eigenvalue weighted by atomic mass is 16.6. The first-order valence-corrected chi connectivity index (χ1v) is 8.69. The normalized spacial score (nSPS) is 10.2. The van der Waals surface area contributed by atoms with Gasteiger partial charge < -0.3 is 9.47 Å². The molecule has 0 aliphatic rings. The van der Waals surface area contributed by atoms with E-state index in [0.717, 1.165) is 5.56 Å². The molecule has 0 amide bonds. The minimum absolute atomic E-state index is 0.0142. The minimum Gasteiger partial charge on any atom is -0.469 e. The molecule has 0 aromatic heterocycles. The summed E-state index contributed by atoms with van der Waals surface area (Å²) in [5, 5.41) is 11.5. The Kier molecular flexibility index (Phi) is 5.99. The van der Waals surface area contributed by atoms with Gasteiger partial charge in [-0.3, -0.25) is 19.7 Å². The summed E-state index contributed by atoms with van der Waals surface area (Å²) >= 11 is 0. The Bertz CT molecular complexity index is 1040. The van der Waals surface area contributed by atoms with Crippen LogP contribution in [0.1, 0.15) is 21.5 Å². The average Bonchev–Trinajstić information content (AvgIpc) is 2.75. The smallest absolute Gasteiger partial charge is 0.312 e. The van der Waals surface area contributed by atoms with Crippen molar-refractivity contribution in [3.63, 3.8) is 0 Å². The summed E-state index contributed by atoms with van der Waals surface area (Å²) in [4.78, 5) is 34.8. The zero-order valence-corrected chi connectivity index (χ0v) is 15.5. The summed E-state index contributed by atoms with van der Waals surface area (Å²) < 4.78 is 10.2. The van der Waals surface area contributed by atoms with Gasteiger partial charge in [0.15, 0.2) is 5.78 Å². The van der Waals surface area contributed by atoms with Crippen molar-refractivity contribution >= 4 is 17.4 Å². The maximum atomic E-state index is 12.5. The summed E-state index contributed by atoms with van der Waals surface area (Å²) in [6, 6.07) is 19.2. The molecular weight excluding hydrogens is 374 g/mol. The molecule has 0 heterocycles. The van der Waals surface area contributed by atoms with Crippen molar-refractivity contribution in [3.05, 3.63) is 99.6 Å². The molecule has 0 aliphatic carbocycles. The number of nitro benzene ring substituents is 1. The van der Waals surface area contributed by atoms with Gasteiger partial charge in [-0.1, -0.05) is 42.5 Å². The van der Waals surface area contributed by atoms with Crippen LogP contribution in [0.25, 0.3) is 0 Å². The van der Waals surface area contributed by atoms with E-state index in [9.17, 15) is 19.7 Å². The van der Waals surface area contributed by atoms with Crippen LogP contribution in [0.15, 0.2) is 72.8 Å². The van der Waals surface area contributed by atoms with E-state index in [1.54, 1.807) is 54.6 Å². The number of esters is 1. The van der Waals surface area contributed by atoms with Crippen molar-refractivity contribution < 1.29 is 24.0 Å². The van der Waals surface area contributed by atoms with E-state index in [4.69, 9.17) is 4.74 Å². The van der Waals surface area contributed by atoms with Crippen molar-refractivity contribution in [3.8, 4) is 11.5 Å². The number of ketones is 1. The zero-order valence-electron chi connectivity index (χ0n) is 15.5. The van der Waals surface area contributed by atoms with Crippen molar-refractivity contribution in [2.75, 3.05) is 7.11 Å². The lowest BCUT2D eigenvalue weighted by atomic mass is 10.0. The summed E-state index contributed by atoms with van der Waals surface area (Å²) in [7, 11) is 1.31. The summed E-state index contributed by atoms with van der Waals surface area (Å²) in [6.45, 7) is 0. The lowest BCUT2D eigenvalue weighted by Crippen LogP contribution is -2.04. The standard InChI is InChI=1S/C22H17NO6/c1-28-21(24)13-15-7-10-18(11-8-15)29-20-12-9-17(14-19(20)23(26)27)22(25)16-5-3-2-4-6-16/h2-12,14H,13H2,1H3. The molecule has 0 spiro atoms. The maximum Gasteiger partial charge on any atom is 0.312 e. The maximum absolute atomic E-state index is 12.5. The molecule has 7 heteroatoms. The summed E-state index contributed by atoms with van der Waals surface area (Å²) in [5.41, 5.74) is 1.05. The van der Waals surface area contributed by atoms with Crippen molar-refractivity contribution in [2.45, 2.75) is 6.42 Å². The van der Waals surface area contributed by atoms with E-state index < -0.39 is 4.92 Å². The largest absolute Gasteiger partial charge is 0.469 e. The first-order valence-electron chi connectivity index (χ1n) is 8.69. The van der Waals surface area contributed by atoms with E-state index >= 15 is 0 Å². The second-order valence-corrected chi connectivity index (χ2v) is 6.13. The van der Waals surface area contributed by atoms with Gasteiger partial charge in [0.1, 0.15) is 5.75 Å². The van der Waals surface area contributed by atoms with Crippen LogP contribution in [0.4, 0.5) is 5.69 Å². The second-order valence-electron chi connectivity index (χ2n) is 6.13. The monoisotopic (exact) mass is 391 g/mol. The Balaban J connectivity index is 1.83. The van der Waals surface area contributed by atoms with Crippen LogP contribution < -0.4 is 4.74 Å². The molecule has 29 heavy (non-hydrogen) atoms. The molecule has 0 bridgehead atoms. The van der Waals surface area contributed by atoms with Crippen LogP contribution in [0.2, 0.25) is 0 Å². The molecule has 0 unspecified atom stereocenters. The molecule has 0 N–H and O–H groups in total. The quantitative estimate of drug-likeness (QED) is 0.257. The lowest BCUT2D eigenvalue weighted by molar-refractivity contribution is -0.385. The highest BCUT2D eigenvalue weighted by Crippen LogP contribution is 2.33. The predicted molar refractivity (Wildman–Crippen MR) is 105 cm³/mol. The average molecular weight is 391 g/mol. The number of rotatable bonds is 7. The Morgan fingerprint density at radius 2 is 1.62 bits per heavy atom. The molecule has 0 saturated carbocycles. The first kappa shape index (κ1) is 19.8. The number of ether oxygens (including phenoxy) is 2. The van der Waals surface area contributed by atoms with Gasteiger partial charge in [0, 0.05) is 17.2 Å². The van der Waals surface area contributed by atoms with E-state index in [-0.39, 0.29) is 35.2 Å². The van der Waals surface area contributed by atoms with Crippen molar-refractivity contribution in [1.82, 2.24) is 0 Å². The number of hydrogen-bond donors (Lipinski definition) is 0. The fourth-order valence-corrected chi connectivity index (χ4v) is 2.68. The van der Waals surface area contributed by atoms with E-state index in [0.29, 0.717) is 11.3 Å². The lowest BCUT2D eigenvalue weighted by Gasteiger charge is -2.09. The number of carbonyl (C=O) groups excluding carboxylic acids is 2. The molecule has 146 valence electrons.